The van der Waals surface area contributed by atoms with Gasteiger partial charge in [-0.1, -0.05) is 31.4 Å². The minimum atomic E-state index is 0. The SMILES string of the molecule is CN(C(=O)c1ccccc1N)C1CCCCC1.Cl. The predicted octanol–water partition coefficient (Wildman–Crippen LogP) is 3.10. The quantitative estimate of drug-likeness (QED) is 0.838. The number of amides is 1. The molecule has 0 radical (unpaired) electrons. The van der Waals surface area contributed by atoms with Crippen LogP contribution in [0.5, 0.6) is 0 Å². The number of para-hydroxylation sites is 1. The van der Waals surface area contributed by atoms with E-state index in [1.165, 1.54) is 19.3 Å². The van der Waals surface area contributed by atoms with Crippen LogP contribution in [-0.4, -0.2) is 23.9 Å². The molecule has 1 fully saturated rings. The van der Waals surface area contributed by atoms with Crippen molar-refractivity contribution in [3.05, 3.63) is 29.8 Å². The third kappa shape index (κ3) is 3.16. The Morgan fingerprint density at radius 2 is 1.83 bits per heavy atom. The van der Waals surface area contributed by atoms with E-state index in [2.05, 4.69) is 0 Å². The summed E-state index contributed by atoms with van der Waals surface area (Å²) in [6.07, 6.45) is 6.00. The van der Waals surface area contributed by atoms with E-state index in [1.807, 2.05) is 24.1 Å². The van der Waals surface area contributed by atoms with Crippen molar-refractivity contribution in [3.8, 4) is 0 Å². The molecule has 0 aliphatic heterocycles. The molecule has 1 aliphatic carbocycles. The molecule has 0 saturated heterocycles. The monoisotopic (exact) mass is 268 g/mol. The van der Waals surface area contributed by atoms with Crippen LogP contribution in [0, 0.1) is 0 Å². The first-order valence-corrected chi connectivity index (χ1v) is 6.32. The van der Waals surface area contributed by atoms with Crippen molar-refractivity contribution in [1.82, 2.24) is 4.90 Å². The molecule has 18 heavy (non-hydrogen) atoms. The number of nitrogen functional groups attached to an aromatic ring is 1. The molecule has 2 N–H and O–H groups in total. The van der Waals surface area contributed by atoms with E-state index >= 15 is 0 Å². The Kier molecular flexibility index (Phi) is 5.48. The van der Waals surface area contributed by atoms with Gasteiger partial charge in [0.1, 0.15) is 0 Å². The number of hydrogen-bond acceptors (Lipinski definition) is 2. The van der Waals surface area contributed by atoms with E-state index in [9.17, 15) is 4.79 Å². The minimum Gasteiger partial charge on any atom is -0.398 e. The fraction of sp³-hybridized carbons (Fsp3) is 0.500. The Bertz CT molecular complexity index is 403. The predicted molar refractivity (Wildman–Crippen MR) is 77.1 cm³/mol. The summed E-state index contributed by atoms with van der Waals surface area (Å²) < 4.78 is 0. The van der Waals surface area contributed by atoms with Crippen LogP contribution < -0.4 is 5.73 Å². The summed E-state index contributed by atoms with van der Waals surface area (Å²) in [7, 11) is 1.89. The zero-order valence-electron chi connectivity index (χ0n) is 10.8. The molecule has 0 spiro atoms. The fourth-order valence-electron chi connectivity index (χ4n) is 2.52. The van der Waals surface area contributed by atoms with Gasteiger partial charge in [0.15, 0.2) is 0 Å². The third-order valence-electron chi connectivity index (χ3n) is 3.63. The molecule has 1 aliphatic rings. The number of anilines is 1. The Morgan fingerprint density at radius 3 is 2.44 bits per heavy atom. The first-order valence-electron chi connectivity index (χ1n) is 6.32. The molecular weight excluding hydrogens is 248 g/mol. The molecule has 0 heterocycles. The topological polar surface area (TPSA) is 46.3 Å². The summed E-state index contributed by atoms with van der Waals surface area (Å²) >= 11 is 0. The lowest BCUT2D eigenvalue weighted by molar-refractivity contribution is 0.0697. The Hall–Kier alpha value is -1.22. The summed E-state index contributed by atoms with van der Waals surface area (Å²) in [6.45, 7) is 0. The Balaban J connectivity index is 0.00000162. The lowest BCUT2D eigenvalue weighted by atomic mass is 9.94. The number of rotatable bonds is 2. The number of carbonyl (C=O) groups excluding carboxylic acids is 1. The number of nitrogens with zero attached hydrogens (tertiary/aromatic N) is 1. The van der Waals surface area contributed by atoms with Crippen LogP contribution in [0.2, 0.25) is 0 Å². The van der Waals surface area contributed by atoms with E-state index in [0.717, 1.165) is 12.8 Å². The average Bonchev–Trinajstić information content (AvgIpc) is 2.39. The normalized spacial score (nSPS) is 15.8. The van der Waals surface area contributed by atoms with Crippen molar-refractivity contribution in [2.75, 3.05) is 12.8 Å². The van der Waals surface area contributed by atoms with Crippen LogP contribution in [0.25, 0.3) is 0 Å². The largest absolute Gasteiger partial charge is 0.398 e. The van der Waals surface area contributed by atoms with E-state index in [-0.39, 0.29) is 18.3 Å². The molecular formula is C14H21ClN2O. The summed E-state index contributed by atoms with van der Waals surface area (Å²) in [6, 6.07) is 7.68. The van der Waals surface area contributed by atoms with Gasteiger partial charge < -0.3 is 10.6 Å². The second-order valence-electron chi connectivity index (χ2n) is 4.80. The van der Waals surface area contributed by atoms with Crippen molar-refractivity contribution in [3.63, 3.8) is 0 Å². The van der Waals surface area contributed by atoms with E-state index < -0.39 is 0 Å². The Labute approximate surface area is 115 Å². The second kappa shape index (κ2) is 6.64. The van der Waals surface area contributed by atoms with Crippen molar-refractivity contribution in [2.24, 2.45) is 0 Å². The number of hydrogen-bond donors (Lipinski definition) is 1. The molecule has 2 rings (SSSR count). The molecule has 1 aromatic rings. The lowest BCUT2D eigenvalue weighted by Gasteiger charge is -2.31. The van der Waals surface area contributed by atoms with E-state index in [4.69, 9.17) is 5.73 Å². The third-order valence-corrected chi connectivity index (χ3v) is 3.63. The fourth-order valence-corrected chi connectivity index (χ4v) is 2.52. The standard InChI is InChI=1S/C14H20N2O.ClH/c1-16(11-7-3-2-4-8-11)14(17)12-9-5-6-10-13(12)15;/h5-6,9-11H,2-4,7-8,15H2,1H3;1H. The van der Waals surface area contributed by atoms with Gasteiger partial charge in [-0.15, -0.1) is 12.4 Å². The number of benzene rings is 1. The van der Waals surface area contributed by atoms with Gasteiger partial charge in [0.2, 0.25) is 0 Å². The molecule has 0 bridgehead atoms. The van der Waals surface area contributed by atoms with Crippen LogP contribution in [0.4, 0.5) is 5.69 Å². The van der Waals surface area contributed by atoms with Crippen LogP contribution >= 0.6 is 12.4 Å². The van der Waals surface area contributed by atoms with Gasteiger partial charge in [0.05, 0.1) is 5.56 Å². The molecule has 1 amide bonds. The smallest absolute Gasteiger partial charge is 0.255 e. The zero-order valence-corrected chi connectivity index (χ0v) is 11.6. The second-order valence-corrected chi connectivity index (χ2v) is 4.80. The van der Waals surface area contributed by atoms with Crippen LogP contribution in [-0.2, 0) is 0 Å². The van der Waals surface area contributed by atoms with Crippen molar-refractivity contribution < 1.29 is 4.79 Å². The number of halogens is 1. The lowest BCUT2D eigenvalue weighted by Crippen LogP contribution is -2.38. The molecule has 1 aromatic carbocycles. The maximum absolute atomic E-state index is 12.3. The molecule has 3 nitrogen and oxygen atoms in total. The summed E-state index contributed by atoms with van der Waals surface area (Å²) in [5, 5.41) is 0. The van der Waals surface area contributed by atoms with E-state index in [1.54, 1.807) is 12.1 Å². The van der Waals surface area contributed by atoms with Gasteiger partial charge in [0.25, 0.3) is 5.91 Å². The number of carbonyl (C=O) groups is 1. The molecule has 0 atom stereocenters. The van der Waals surface area contributed by atoms with Crippen molar-refractivity contribution in [1.29, 1.82) is 0 Å². The summed E-state index contributed by atoms with van der Waals surface area (Å²) in [4.78, 5) is 14.2. The van der Waals surface area contributed by atoms with Gasteiger partial charge in [-0.25, -0.2) is 0 Å². The zero-order chi connectivity index (χ0) is 12.3. The molecule has 4 heteroatoms. The van der Waals surface area contributed by atoms with Crippen LogP contribution in [0.1, 0.15) is 42.5 Å². The van der Waals surface area contributed by atoms with Gasteiger partial charge >= 0.3 is 0 Å². The van der Waals surface area contributed by atoms with E-state index in [0.29, 0.717) is 17.3 Å². The molecule has 0 unspecified atom stereocenters. The maximum atomic E-state index is 12.3. The molecule has 1 saturated carbocycles. The number of nitrogens with two attached hydrogens (primary N) is 1. The van der Waals surface area contributed by atoms with Gasteiger partial charge in [-0.05, 0) is 25.0 Å². The maximum Gasteiger partial charge on any atom is 0.255 e. The van der Waals surface area contributed by atoms with Gasteiger partial charge in [0, 0.05) is 18.8 Å². The molecule has 0 aromatic heterocycles. The highest BCUT2D eigenvalue weighted by Crippen LogP contribution is 2.23. The van der Waals surface area contributed by atoms with Crippen molar-refractivity contribution in [2.45, 2.75) is 38.1 Å². The minimum absolute atomic E-state index is 0. The Morgan fingerprint density at radius 1 is 1.22 bits per heavy atom. The molecule has 100 valence electrons. The van der Waals surface area contributed by atoms with Crippen molar-refractivity contribution >= 4 is 24.0 Å². The van der Waals surface area contributed by atoms with Crippen LogP contribution in [0.15, 0.2) is 24.3 Å². The first kappa shape index (κ1) is 14.8. The highest BCUT2D eigenvalue weighted by molar-refractivity contribution is 5.99. The average molecular weight is 269 g/mol. The van der Waals surface area contributed by atoms with Gasteiger partial charge in [-0.2, -0.15) is 0 Å². The van der Waals surface area contributed by atoms with Crippen LogP contribution in [0.3, 0.4) is 0 Å². The van der Waals surface area contributed by atoms with Gasteiger partial charge in [-0.3, -0.25) is 4.79 Å². The highest BCUT2D eigenvalue weighted by Gasteiger charge is 2.23. The first-order chi connectivity index (χ1) is 8.20. The summed E-state index contributed by atoms with van der Waals surface area (Å²) in [5.74, 6) is 0.0509. The summed E-state index contributed by atoms with van der Waals surface area (Å²) in [5.41, 5.74) is 7.04. The highest BCUT2D eigenvalue weighted by atomic mass is 35.5.